The van der Waals surface area contributed by atoms with Crippen molar-refractivity contribution in [3.63, 3.8) is 0 Å². The van der Waals surface area contributed by atoms with Crippen molar-refractivity contribution in [2.75, 3.05) is 13.1 Å². The summed E-state index contributed by atoms with van der Waals surface area (Å²) in [5, 5.41) is 23.1. The summed E-state index contributed by atoms with van der Waals surface area (Å²) in [4.78, 5) is 18.6. The monoisotopic (exact) mass is 428 g/mol. The predicted molar refractivity (Wildman–Crippen MR) is 101 cm³/mol. The highest BCUT2D eigenvalue weighted by molar-refractivity contribution is 6.42. The zero-order chi connectivity index (χ0) is 20.4. The van der Waals surface area contributed by atoms with Crippen molar-refractivity contribution in [3.05, 3.63) is 69.2 Å². The fourth-order valence-electron chi connectivity index (χ4n) is 2.35. The number of nitrogens with zero attached hydrogens (tertiary/aromatic N) is 8. The van der Waals surface area contributed by atoms with Crippen LogP contribution in [0.2, 0.25) is 10.0 Å². The van der Waals surface area contributed by atoms with E-state index in [0.717, 1.165) is 38.3 Å². The molecule has 0 aliphatic carbocycles. The Labute approximate surface area is 170 Å². The molecule has 0 saturated heterocycles. The normalized spacial score (nSPS) is 10.5. The van der Waals surface area contributed by atoms with Crippen LogP contribution in [0.1, 0.15) is 5.56 Å². The molecular weight excluding hydrogens is 411 g/mol. The highest BCUT2D eigenvalue weighted by atomic mass is 35.5. The number of hydrogen-bond acceptors (Lipinski definition) is 7. The molecule has 0 amide bonds. The molecule has 0 saturated carbocycles. The maximum atomic E-state index is 8.36. The molecule has 0 fully saturated rings. The second-order valence-corrected chi connectivity index (χ2v) is 6.39. The number of rotatable bonds is 8. The third-order valence-electron chi connectivity index (χ3n) is 3.61. The largest absolute Gasteiger partial charge is 0.328 e. The summed E-state index contributed by atoms with van der Waals surface area (Å²) < 4.78 is 3.63. The van der Waals surface area contributed by atoms with Gasteiger partial charge in [0, 0.05) is 19.6 Å². The molecule has 0 aliphatic heterocycles. The van der Waals surface area contributed by atoms with Gasteiger partial charge in [0.05, 0.1) is 23.1 Å². The van der Waals surface area contributed by atoms with Gasteiger partial charge in [-0.05, 0) is 17.7 Å². The Bertz CT molecular complexity index is 803. The second kappa shape index (κ2) is 11.2. The number of benzene rings is 1. The SMILES string of the molecule is Clc1ccc(CN(CCn2cncn2)CCn2cncn2)cc1Cl.O=[N+]([O-])O. The van der Waals surface area contributed by atoms with Crippen molar-refractivity contribution in [1.29, 1.82) is 0 Å². The van der Waals surface area contributed by atoms with Crippen molar-refractivity contribution in [2.45, 2.75) is 19.6 Å². The Balaban J connectivity index is 0.000000640. The minimum Gasteiger partial charge on any atom is -0.328 e. The van der Waals surface area contributed by atoms with Crippen molar-refractivity contribution in [3.8, 4) is 0 Å². The lowest BCUT2D eigenvalue weighted by Crippen LogP contribution is -2.30. The molecule has 150 valence electrons. The third kappa shape index (κ3) is 7.86. The molecule has 0 aliphatic rings. The summed E-state index contributed by atoms with van der Waals surface area (Å²) >= 11 is 12.1. The van der Waals surface area contributed by atoms with E-state index in [1.54, 1.807) is 25.3 Å². The number of halogens is 2. The van der Waals surface area contributed by atoms with Crippen LogP contribution in [0.25, 0.3) is 0 Å². The zero-order valence-electron chi connectivity index (χ0n) is 14.7. The minimum absolute atomic E-state index is 0.567. The standard InChI is InChI=1S/C15H17Cl2N7.HNO3/c16-14-2-1-13(7-15(14)17)8-22(3-5-23-11-18-9-20-23)4-6-24-12-19-10-21-24;2-1(3)4/h1-2,7,9-12H,3-6,8H2;(H,2,3,4). The van der Waals surface area contributed by atoms with E-state index in [-0.39, 0.29) is 0 Å². The smallest absolute Gasteiger partial charge is 0.291 e. The summed E-state index contributed by atoms with van der Waals surface area (Å²) in [6.45, 7) is 3.95. The highest BCUT2D eigenvalue weighted by Crippen LogP contribution is 2.23. The molecule has 28 heavy (non-hydrogen) atoms. The van der Waals surface area contributed by atoms with Gasteiger partial charge in [-0.2, -0.15) is 10.2 Å². The molecule has 0 bridgehead atoms. The van der Waals surface area contributed by atoms with Gasteiger partial charge in [-0.3, -0.25) is 14.3 Å². The molecule has 0 atom stereocenters. The molecule has 3 rings (SSSR count). The molecule has 3 aromatic rings. The van der Waals surface area contributed by atoms with Crippen molar-refractivity contribution < 1.29 is 10.3 Å². The molecule has 0 unspecified atom stereocenters. The molecule has 0 radical (unpaired) electrons. The second-order valence-electron chi connectivity index (χ2n) is 5.58. The van der Waals surface area contributed by atoms with E-state index in [0.29, 0.717) is 10.0 Å². The first-order valence-electron chi connectivity index (χ1n) is 8.08. The van der Waals surface area contributed by atoms with Crippen LogP contribution in [0.3, 0.4) is 0 Å². The van der Waals surface area contributed by atoms with E-state index in [9.17, 15) is 0 Å². The number of aromatic nitrogens is 6. The van der Waals surface area contributed by atoms with E-state index in [1.807, 2.05) is 27.6 Å². The Morgan fingerprint density at radius 2 is 1.57 bits per heavy atom. The molecule has 2 heterocycles. The van der Waals surface area contributed by atoms with Crippen LogP contribution in [0, 0.1) is 10.1 Å². The van der Waals surface area contributed by atoms with Gasteiger partial charge in [0.2, 0.25) is 0 Å². The third-order valence-corrected chi connectivity index (χ3v) is 4.35. The van der Waals surface area contributed by atoms with Gasteiger partial charge in [-0.25, -0.2) is 9.97 Å². The van der Waals surface area contributed by atoms with Gasteiger partial charge in [0.15, 0.2) is 0 Å². The molecule has 13 heteroatoms. The summed E-state index contributed by atoms with van der Waals surface area (Å²) in [5.74, 6) is 0. The number of hydrogen-bond donors (Lipinski definition) is 1. The first-order chi connectivity index (χ1) is 13.4. The minimum atomic E-state index is -1.50. The van der Waals surface area contributed by atoms with Crippen LogP contribution in [0.4, 0.5) is 0 Å². The first-order valence-corrected chi connectivity index (χ1v) is 8.84. The molecule has 1 N–H and O–H groups in total. The lowest BCUT2D eigenvalue weighted by atomic mass is 10.2. The van der Waals surface area contributed by atoms with Crippen LogP contribution in [-0.4, -0.2) is 57.8 Å². The van der Waals surface area contributed by atoms with Gasteiger partial charge in [-0.1, -0.05) is 29.3 Å². The molecule has 0 spiro atoms. The van der Waals surface area contributed by atoms with Crippen LogP contribution in [0.5, 0.6) is 0 Å². The highest BCUT2D eigenvalue weighted by Gasteiger charge is 2.09. The average Bonchev–Trinajstić information content (AvgIpc) is 3.33. The van der Waals surface area contributed by atoms with Gasteiger partial charge < -0.3 is 5.21 Å². The molecule has 1 aromatic carbocycles. The topological polar surface area (TPSA) is 128 Å². The van der Waals surface area contributed by atoms with Crippen LogP contribution < -0.4 is 0 Å². The van der Waals surface area contributed by atoms with E-state index in [2.05, 4.69) is 25.1 Å². The summed E-state index contributed by atoms with van der Waals surface area (Å²) in [7, 11) is 0. The van der Waals surface area contributed by atoms with Gasteiger partial charge in [0.25, 0.3) is 5.09 Å². The van der Waals surface area contributed by atoms with Gasteiger partial charge in [0.1, 0.15) is 25.3 Å². The van der Waals surface area contributed by atoms with Gasteiger partial charge >= 0.3 is 0 Å². The summed E-state index contributed by atoms with van der Waals surface area (Å²) in [5.41, 5.74) is 1.11. The Kier molecular flexibility index (Phi) is 8.59. The Morgan fingerprint density at radius 1 is 1.04 bits per heavy atom. The van der Waals surface area contributed by atoms with Crippen molar-refractivity contribution in [2.24, 2.45) is 0 Å². The van der Waals surface area contributed by atoms with Crippen LogP contribution in [-0.2, 0) is 19.6 Å². The Morgan fingerprint density at radius 3 is 2.00 bits per heavy atom. The fraction of sp³-hybridized carbons (Fsp3) is 0.333. The first kappa shape index (κ1) is 21.5. The fourth-order valence-corrected chi connectivity index (χ4v) is 2.67. The summed E-state index contributed by atoms with van der Waals surface area (Å²) in [6.07, 6.45) is 6.51. The predicted octanol–water partition coefficient (Wildman–Crippen LogP) is 2.03. The lowest BCUT2D eigenvalue weighted by molar-refractivity contribution is -0.742. The van der Waals surface area contributed by atoms with Crippen LogP contribution >= 0.6 is 23.2 Å². The van der Waals surface area contributed by atoms with Crippen molar-refractivity contribution >= 4 is 23.2 Å². The summed E-state index contributed by atoms with van der Waals surface area (Å²) in [6, 6.07) is 5.72. The van der Waals surface area contributed by atoms with E-state index < -0.39 is 5.09 Å². The van der Waals surface area contributed by atoms with Gasteiger partial charge in [-0.15, -0.1) is 10.1 Å². The quantitative estimate of drug-likeness (QED) is 0.426. The molecular formula is C15H18Cl2N8O3. The van der Waals surface area contributed by atoms with E-state index in [4.69, 9.17) is 38.5 Å². The maximum absolute atomic E-state index is 8.36. The molecule has 11 nitrogen and oxygen atoms in total. The van der Waals surface area contributed by atoms with Crippen molar-refractivity contribution in [1.82, 2.24) is 34.4 Å². The zero-order valence-corrected chi connectivity index (χ0v) is 16.2. The molecule has 2 aromatic heterocycles. The van der Waals surface area contributed by atoms with E-state index in [1.165, 1.54) is 0 Å². The lowest BCUT2D eigenvalue weighted by Gasteiger charge is -2.22. The van der Waals surface area contributed by atoms with Crippen LogP contribution in [0.15, 0.2) is 43.5 Å². The maximum Gasteiger partial charge on any atom is 0.291 e. The Hall–Kier alpha value is -2.76. The van der Waals surface area contributed by atoms with E-state index >= 15 is 0 Å². The average molecular weight is 429 g/mol.